The van der Waals surface area contributed by atoms with Gasteiger partial charge in [0.2, 0.25) is 0 Å². The third-order valence-corrected chi connectivity index (χ3v) is 9.25. The zero-order valence-corrected chi connectivity index (χ0v) is 22.1. The highest BCUT2D eigenvalue weighted by molar-refractivity contribution is 5.88. The summed E-state index contributed by atoms with van der Waals surface area (Å²) < 4.78 is 0. The first kappa shape index (κ1) is 24.9. The van der Waals surface area contributed by atoms with Crippen molar-refractivity contribution in [2.45, 2.75) is 69.4 Å². The van der Waals surface area contributed by atoms with Crippen molar-refractivity contribution in [2.24, 2.45) is 5.92 Å². The van der Waals surface area contributed by atoms with Crippen LogP contribution in [0.25, 0.3) is 0 Å². The molecule has 36 heavy (non-hydrogen) atoms. The highest BCUT2D eigenvalue weighted by Gasteiger charge is 2.55. The van der Waals surface area contributed by atoms with E-state index in [0.717, 1.165) is 43.5 Å². The van der Waals surface area contributed by atoms with Gasteiger partial charge in [-0.2, -0.15) is 0 Å². The maximum absolute atomic E-state index is 13.7. The van der Waals surface area contributed by atoms with Gasteiger partial charge < -0.3 is 9.80 Å². The molecule has 6 heteroatoms. The highest BCUT2D eigenvalue weighted by atomic mass is 16.2. The maximum atomic E-state index is 13.7. The summed E-state index contributed by atoms with van der Waals surface area (Å²) in [5.41, 5.74) is 3.00. The Hall–Kier alpha value is -2.73. The molecule has 2 amide bonds. The average molecular weight is 489 g/mol. The normalized spacial score (nSPS) is 26.6. The molecule has 3 fully saturated rings. The number of hydrogen-bond donors (Lipinski definition) is 0. The number of carbonyl (C=O) groups is 2. The van der Waals surface area contributed by atoms with Gasteiger partial charge >= 0.3 is 6.03 Å². The van der Waals surface area contributed by atoms with Crippen LogP contribution in [-0.4, -0.2) is 70.8 Å². The molecule has 0 bridgehead atoms. The Bertz CT molecular complexity index is 1090. The monoisotopic (exact) mass is 488 g/mol. The molecule has 1 saturated heterocycles. The largest absolute Gasteiger partial charge is 0.321 e. The quantitative estimate of drug-likeness (QED) is 0.535. The summed E-state index contributed by atoms with van der Waals surface area (Å²) in [5.74, 6) is 0.667. The van der Waals surface area contributed by atoms with Gasteiger partial charge in [0.05, 0.1) is 24.2 Å². The van der Waals surface area contributed by atoms with E-state index in [2.05, 4.69) is 59.2 Å². The maximum Gasteiger partial charge on any atom is 0.321 e. The Morgan fingerprint density at radius 3 is 2.39 bits per heavy atom. The first-order chi connectivity index (χ1) is 17.3. The number of aryl methyl sites for hydroxylation is 1. The number of Topliss-reactive ketones (excluding diaryl/α,β-unsaturated/α-hetero) is 1. The minimum Gasteiger partial charge on any atom is -0.317 e. The molecular weight excluding hydrogens is 448 g/mol. The summed E-state index contributed by atoms with van der Waals surface area (Å²) >= 11 is 0. The van der Waals surface area contributed by atoms with Crippen LogP contribution in [0.5, 0.6) is 0 Å². The summed E-state index contributed by atoms with van der Waals surface area (Å²) in [6, 6.07) is 14.8. The third kappa shape index (κ3) is 4.56. The lowest BCUT2D eigenvalue weighted by molar-refractivity contribution is -0.119. The summed E-state index contributed by atoms with van der Waals surface area (Å²) in [6.07, 6.45) is 9.64. The molecule has 1 aromatic heterocycles. The number of nitrogens with zero attached hydrogens (tertiary/aromatic N) is 4. The summed E-state index contributed by atoms with van der Waals surface area (Å²) in [4.78, 5) is 37.6. The second-order valence-corrected chi connectivity index (χ2v) is 11.5. The van der Waals surface area contributed by atoms with Crippen LogP contribution in [0, 0.1) is 12.8 Å². The molecule has 5 rings (SSSR count). The molecule has 2 aromatic rings. The molecule has 2 aliphatic carbocycles. The molecular formula is C30H40N4O2. The van der Waals surface area contributed by atoms with Crippen LogP contribution >= 0.6 is 0 Å². The minimum atomic E-state index is -0.178. The highest BCUT2D eigenvalue weighted by Crippen LogP contribution is 2.49. The Kier molecular flexibility index (Phi) is 6.90. The smallest absolute Gasteiger partial charge is 0.317 e. The third-order valence-electron chi connectivity index (χ3n) is 9.25. The number of benzene rings is 1. The van der Waals surface area contributed by atoms with Crippen molar-refractivity contribution in [3.05, 3.63) is 65.5 Å². The van der Waals surface area contributed by atoms with Gasteiger partial charge in [-0.1, -0.05) is 42.8 Å². The number of hydrogen-bond acceptors (Lipinski definition) is 4. The van der Waals surface area contributed by atoms with Crippen molar-refractivity contribution in [3.63, 3.8) is 0 Å². The van der Waals surface area contributed by atoms with Gasteiger partial charge in [0, 0.05) is 24.8 Å². The number of rotatable bonds is 8. The van der Waals surface area contributed by atoms with Gasteiger partial charge in [-0.15, -0.1) is 0 Å². The first-order valence-electron chi connectivity index (χ1n) is 13.5. The zero-order chi connectivity index (χ0) is 25.3. The van der Waals surface area contributed by atoms with E-state index in [1.165, 1.54) is 24.8 Å². The Morgan fingerprint density at radius 1 is 1.06 bits per heavy atom. The number of ketones is 1. The molecule has 2 heterocycles. The van der Waals surface area contributed by atoms with Gasteiger partial charge in [0.1, 0.15) is 0 Å². The van der Waals surface area contributed by atoms with Crippen LogP contribution in [0.2, 0.25) is 0 Å². The van der Waals surface area contributed by atoms with Crippen LogP contribution in [0.4, 0.5) is 4.79 Å². The minimum absolute atomic E-state index is 0.0164. The number of amides is 2. The molecule has 0 atom stereocenters. The second kappa shape index (κ2) is 9.97. The summed E-state index contributed by atoms with van der Waals surface area (Å²) in [6.45, 7) is 3.65. The van der Waals surface area contributed by atoms with Crippen molar-refractivity contribution in [3.8, 4) is 0 Å². The van der Waals surface area contributed by atoms with E-state index in [1.54, 1.807) is 6.20 Å². The number of pyridine rings is 1. The number of urea groups is 1. The topological polar surface area (TPSA) is 56.8 Å². The zero-order valence-electron chi connectivity index (χ0n) is 22.1. The van der Waals surface area contributed by atoms with Crippen molar-refractivity contribution in [1.29, 1.82) is 0 Å². The fraction of sp³-hybridized carbons (Fsp3) is 0.567. The molecule has 2 saturated carbocycles. The van der Waals surface area contributed by atoms with E-state index in [4.69, 9.17) is 0 Å². The van der Waals surface area contributed by atoms with Crippen LogP contribution in [-0.2, 0) is 16.8 Å². The van der Waals surface area contributed by atoms with Crippen LogP contribution in [0.3, 0.4) is 0 Å². The molecule has 192 valence electrons. The van der Waals surface area contributed by atoms with Crippen molar-refractivity contribution in [2.75, 3.05) is 33.7 Å². The van der Waals surface area contributed by atoms with Crippen molar-refractivity contribution < 1.29 is 9.59 Å². The Labute approximate surface area is 215 Å². The molecule has 0 radical (unpaired) electrons. The van der Waals surface area contributed by atoms with Gasteiger partial charge in [0.15, 0.2) is 5.78 Å². The van der Waals surface area contributed by atoms with Crippen LogP contribution in [0.1, 0.15) is 61.8 Å². The van der Waals surface area contributed by atoms with E-state index in [0.29, 0.717) is 12.5 Å². The second-order valence-electron chi connectivity index (χ2n) is 11.5. The Morgan fingerprint density at radius 2 is 1.78 bits per heavy atom. The fourth-order valence-corrected chi connectivity index (χ4v) is 6.67. The van der Waals surface area contributed by atoms with E-state index < -0.39 is 0 Å². The van der Waals surface area contributed by atoms with E-state index in [9.17, 15) is 9.59 Å². The number of carbonyl (C=O) groups excluding carboxylic acids is 2. The summed E-state index contributed by atoms with van der Waals surface area (Å²) in [7, 11) is 4.36. The molecule has 0 N–H and O–H groups in total. The molecule has 6 nitrogen and oxygen atoms in total. The SMILES string of the molecule is Cc1cccnc1CC(=O)CN1CC2(CCC(c3ccccc3)(N(C)C)CC2)N(CC2CCC2)C1=O. The Balaban J connectivity index is 1.35. The molecule has 1 aliphatic heterocycles. The predicted molar refractivity (Wildman–Crippen MR) is 142 cm³/mol. The van der Waals surface area contributed by atoms with Gasteiger partial charge in [-0.25, -0.2) is 4.79 Å². The van der Waals surface area contributed by atoms with E-state index in [-0.39, 0.29) is 35.9 Å². The summed E-state index contributed by atoms with van der Waals surface area (Å²) in [5, 5.41) is 0. The fourth-order valence-electron chi connectivity index (χ4n) is 6.67. The molecule has 0 unspecified atom stereocenters. The van der Waals surface area contributed by atoms with Gasteiger partial charge in [-0.05, 0) is 82.7 Å². The molecule has 3 aliphatic rings. The predicted octanol–water partition coefficient (Wildman–Crippen LogP) is 4.81. The van der Waals surface area contributed by atoms with Crippen molar-refractivity contribution >= 4 is 11.8 Å². The van der Waals surface area contributed by atoms with Gasteiger partial charge in [-0.3, -0.25) is 14.7 Å². The standard InChI is InChI=1S/C30H40N4O2/c1-23-9-8-18-31-27(23)19-26(35)21-33-22-29(34(28(33)36)20-24-10-7-11-24)14-16-30(17-15-29,32(2)3)25-12-5-4-6-13-25/h4-6,8-9,12-13,18,24H,7,10-11,14-17,19-22H2,1-3H3. The lowest BCUT2D eigenvalue weighted by atomic mass is 9.68. The van der Waals surface area contributed by atoms with Crippen molar-refractivity contribution in [1.82, 2.24) is 19.7 Å². The lowest BCUT2D eigenvalue weighted by Crippen LogP contribution is -2.56. The molecule has 1 aromatic carbocycles. The van der Waals surface area contributed by atoms with E-state index >= 15 is 0 Å². The van der Waals surface area contributed by atoms with E-state index in [1.807, 2.05) is 24.0 Å². The van der Waals surface area contributed by atoms with Gasteiger partial charge in [0.25, 0.3) is 0 Å². The average Bonchev–Trinajstić information content (AvgIpc) is 3.08. The lowest BCUT2D eigenvalue weighted by Gasteiger charge is -2.51. The first-order valence-corrected chi connectivity index (χ1v) is 13.5. The molecule has 1 spiro atoms. The van der Waals surface area contributed by atoms with Crippen LogP contribution < -0.4 is 0 Å². The van der Waals surface area contributed by atoms with Crippen LogP contribution in [0.15, 0.2) is 48.7 Å². The number of aromatic nitrogens is 1.